The minimum atomic E-state index is -0.805. The molecule has 6 unspecified atom stereocenters. The molecule has 1 heterocycles. The molecule has 0 aromatic carbocycles. The molecule has 0 bridgehead atoms. The lowest BCUT2D eigenvalue weighted by Gasteiger charge is -2.48. The predicted molar refractivity (Wildman–Crippen MR) is 61.0 cm³/mol. The second kappa shape index (κ2) is 4.26. The first-order chi connectivity index (χ1) is 7.49. The Bertz CT molecular complexity index is 261. The minimum absolute atomic E-state index is 0.0495. The molecule has 1 saturated carbocycles. The Morgan fingerprint density at radius 3 is 2.56 bits per heavy atom. The molecule has 2 aliphatic rings. The second-order valence-electron chi connectivity index (χ2n) is 5.57. The molecule has 6 atom stereocenters. The van der Waals surface area contributed by atoms with Gasteiger partial charge in [-0.1, -0.05) is 13.3 Å². The third kappa shape index (κ3) is 1.78. The van der Waals surface area contributed by atoms with E-state index in [1.54, 1.807) is 0 Å². The highest BCUT2D eigenvalue weighted by Gasteiger charge is 2.55. The van der Waals surface area contributed by atoms with Gasteiger partial charge in [-0.05, 0) is 26.2 Å². The van der Waals surface area contributed by atoms with Crippen molar-refractivity contribution in [3.63, 3.8) is 0 Å². The maximum absolute atomic E-state index is 10.1. The van der Waals surface area contributed by atoms with Gasteiger partial charge in [0.1, 0.15) is 0 Å². The van der Waals surface area contributed by atoms with Gasteiger partial charge in [-0.25, -0.2) is 0 Å². The largest absolute Gasteiger partial charge is 0.393 e. The fourth-order valence-corrected chi connectivity index (χ4v) is 3.50. The van der Waals surface area contributed by atoms with Gasteiger partial charge < -0.3 is 20.6 Å². The molecule has 2 rings (SSSR count). The Labute approximate surface area is 96.7 Å². The Hall–Kier alpha value is -0.160. The number of fused-ring (bicyclic) bond motifs is 1. The minimum Gasteiger partial charge on any atom is -0.393 e. The van der Waals surface area contributed by atoms with Gasteiger partial charge in [0.05, 0.1) is 18.3 Å². The smallest absolute Gasteiger partial charge is 0.0956 e. The first-order valence-electron chi connectivity index (χ1n) is 6.31. The summed E-state index contributed by atoms with van der Waals surface area (Å²) >= 11 is 0. The number of hydrogen-bond donors (Lipinski definition) is 4. The fourth-order valence-electron chi connectivity index (χ4n) is 3.50. The highest BCUT2D eigenvalue weighted by atomic mass is 16.3. The zero-order valence-electron chi connectivity index (χ0n) is 10.1. The van der Waals surface area contributed by atoms with E-state index in [1.807, 2.05) is 6.92 Å². The SMILES string of the molecule is CCCC1NC2(C)CCC(O)C2C(O)C1O. The summed E-state index contributed by atoms with van der Waals surface area (Å²) in [7, 11) is 0. The van der Waals surface area contributed by atoms with Gasteiger partial charge in [0.2, 0.25) is 0 Å². The van der Waals surface area contributed by atoms with Crippen LogP contribution in [0, 0.1) is 5.92 Å². The number of aliphatic hydroxyl groups is 3. The predicted octanol–water partition coefficient (Wildman–Crippen LogP) is 0.00970. The van der Waals surface area contributed by atoms with E-state index in [-0.39, 0.29) is 17.5 Å². The number of piperidine rings is 1. The van der Waals surface area contributed by atoms with Crippen molar-refractivity contribution in [3.8, 4) is 0 Å². The Morgan fingerprint density at radius 1 is 1.25 bits per heavy atom. The van der Waals surface area contributed by atoms with Crippen molar-refractivity contribution in [2.75, 3.05) is 0 Å². The molecule has 1 saturated heterocycles. The topological polar surface area (TPSA) is 72.7 Å². The van der Waals surface area contributed by atoms with Gasteiger partial charge in [-0.2, -0.15) is 0 Å². The van der Waals surface area contributed by atoms with E-state index >= 15 is 0 Å². The summed E-state index contributed by atoms with van der Waals surface area (Å²) in [6.07, 6.45) is 1.34. The summed E-state index contributed by atoms with van der Waals surface area (Å²) in [4.78, 5) is 0. The summed E-state index contributed by atoms with van der Waals surface area (Å²) in [5.74, 6) is -0.240. The molecule has 94 valence electrons. The molecule has 4 N–H and O–H groups in total. The lowest BCUT2D eigenvalue weighted by molar-refractivity contribution is -0.114. The standard InChI is InChI=1S/C12H23NO3/c1-3-4-7-10(15)11(16)9-8(14)5-6-12(9,2)13-7/h7-11,13-16H,3-6H2,1-2H3. The van der Waals surface area contributed by atoms with Crippen molar-refractivity contribution in [3.05, 3.63) is 0 Å². The molecule has 0 amide bonds. The van der Waals surface area contributed by atoms with Gasteiger partial charge in [0, 0.05) is 17.5 Å². The lowest BCUT2D eigenvalue weighted by Crippen LogP contribution is -2.67. The van der Waals surface area contributed by atoms with Crippen LogP contribution in [0.25, 0.3) is 0 Å². The van der Waals surface area contributed by atoms with E-state index in [0.717, 1.165) is 19.3 Å². The quantitative estimate of drug-likeness (QED) is 0.538. The molecule has 4 heteroatoms. The molecule has 4 nitrogen and oxygen atoms in total. The van der Waals surface area contributed by atoms with Crippen LogP contribution in [0.2, 0.25) is 0 Å². The van der Waals surface area contributed by atoms with E-state index in [4.69, 9.17) is 0 Å². The first-order valence-corrected chi connectivity index (χ1v) is 6.31. The van der Waals surface area contributed by atoms with Crippen LogP contribution in [0.15, 0.2) is 0 Å². The van der Waals surface area contributed by atoms with Crippen LogP contribution >= 0.6 is 0 Å². The number of hydrogen-bond acceptors (Lipinski definition) is 4. The van der Waals surface area contributed by atoms with Gasteiger partial charge in [-0.3, -0.25) is 0 Å². The van der Waals surface area contributed by atoms with Crippen LogP contribution in [-0.4, -0.2) is 45.2 Å². The molecule has 2 fully saturated rings. The number of rotatable bonds is 2. The van der Waals surface area contributed by atoms with Crippen LogP contribution in [0.3, 0.4) is 0 Å². The van der Waals surface area contributed by atoms with Crippen LogP contribution in [0.5, 0.6) is 0 Å². The van der Waals surface area contributed by atoms with E-state index in [1.165, 1.54) is 0 Å². The summed E-state index contributed by atoms with van der Waals surface area (Å²) in [5, 5.41) is 33.5. The van der Waals surface area contributed by atoms with E-state index in [2.05, 4.69) is 12.2 Å². The normalized spacial score (nSPS) is 52.7. The molecule has 0 aromatic rings. The van der Waals surface area contributed by atoms with Crippen LogP contribution in [0.4, 0.5) is 0 Å². The van der Waals surface area contributed by atoms with E-state index in [9.17, 15) is 15.3 Å². The number of nitrogens with one attached hydrogen (secondary N) is 1. The first kappa shape index (κ1) is 12.3. The van der Waals surface area contributed by atoms with Gasteiger partial charge >= 0.3 is 0 Å². The maximum atomic E-state index is 10.1. The molecule has 0 spiro atoms. The zero-order valence-corrected chi connectivity index (χ0v) is 10.1. The van der Waals surface area contributed by atoms with Crippen molar-refractivity contribution >= 4 is 0 Å². The monoisotopic (exact) mass is 229 g/mol. The van der Waals surface area contributed by atoms with Crippen LogP contribution in [-0.2, 0) is 0 Å². The van der Waals surface area contributed by atoms with Gasteiger partial charge in [0.25, 0.3) is 0 Å². The molecular formula is C12H23NO3. The van der Waals surface area contributed by atoms with Crippen molar-refractivity contribution in [1.82, 2.24) is 5.32 Å². The summed E-state index contributed by atoms with van der Waals surface area (Å²) in [6, 6.07) is -0.0495. The second-order valence-corrected chi connectivity index (χ2v) is 5.57. The van der Waals surface area contributed by atoms with Crippen LogP contribution < -0.4 is 5.32 Å². The summed E-state index contributed by atoms with van der Waals surface area (Å²) < 4.78 is 0. The van der Waals surface area contributed by atoms with Crippen LogP contribution in [0.1, 0.15) is 39.5 Å². The summed E-state index contributed by atoms with van der Waals surface area (Å²) in [5.41, 5.74) is -0.224. The van der Waals surface area contributed by atoms with Gasteiger partial charge in [0.15, 0.2) is 0 Å². The molecular weight excluding hydrogens is 206 g/mol. The number of aliphatic hydroxyl groups excluding tert-OH is 3. The molecule has 0 aromatic heterocycles. The average Bonchev–Trinajstić information content (AvgIpc) is 2.52. The van der Waals surface area contributed by atoms with E-state index in [0.29, 0.717) is 6.42 Å². The van der Waals surface area contributed by atoms with Crippen molar-refractivity contribution < 1.29 is 15.3 Å². The Balaban J connectivity index is 2.19. The van der Waals surface area contributed by atoms with Crippen molar-refractivity contribution in [1.29, 1.82) is 0 Å². The lowest BCUT2D eigenvalue weighted by atomic mass is 9.75. The van der Waals surface area contributed by atoms with E-state index < -0.39 is 18.3 Å². The van der Waals surface area contributed by atoms with Gasteiger partial charge in [-0.15, -0.1) is 0 Å². The third-order valence-electron chi connectivity index (χ3n) is 4.35. The molecule has 16 heavy (non-hydrogen) atoms. The van der Waals surface area contributed by atoms with Crippen molar-refractivity contribution in [2.45, 2.75) is 69.4 Å². The Morgan fingerprint density at radius 2 is 1.94 bits per heavy atom. The highest BCUT2D eigenvalue weighted by Crippen LogP contribution is 2.42. The maximum Gasteiger partial charge on any atom is 0.0956 e. The highest BCUT2D eigenvalue weighted by molar-refractivity contribution is 5.11. The molecule has 0 radical (unpaired) electrons. The fraction of sp³-hybridized carbons (Fsp3) is 1.00. The zero-order chi connectivity index (χ0) is 11.9. The molecule has 1 aliphatic carbocycles. The van der Waals surface area contributed by atoms with Crippen molar-refractivity contribution in [2.24, 2.45) is 5.92 Å². The average molecular weight is 229 g/mol. The Kier molecular flexibility index (Phi) is 3.27. The molecule has 1 aliphatic heterocycles. The third-order valence-corrected chi connectivity index (χ3v) is 4.35. The summed E-state index contributed by atoms with van der Waals surface area (Å²) in [6.45, 7) is 4.12.